The highest BCUT2D eigenvalue weighted by atomic mass is 79.9. The number of hydrogen-bond donors (Lipinski definition) is 1. The van der Waals surface area contributed by atoms with Gasteiger partial charge in [-0.05, 0) is 31.5 Å². The van der Waals surface area contributed by atoms with Gasteiger partial charge in [-0.2, -0.15) is 0 Å². The van der Waals surface area contributed by atoms with E-state index in [1.165, 1.54) is 0 Å². The van der Waals surface area contributed by atoms with Gasteiger partial charge in [0.05, 0.1) is 0 Å². The average molecular weight is 287 g/mol. The van der Waals surface area contributed by atoms with Crippen LogP contribution >= 0.6 is 15.9 Å². The van der Waals surface area contributed by atoms with Crippen LogP contribution in [0.4, 0.5) is 0 Å². The van der Waals surface area contributed by atoms with Crippen molar-refractivity contribution in [3.8, 4) is 5.75 Å². The monoisotopic (exact) mass is 286 g/mol. The lowest BCUT2D eigenvalue weighted by atomic mass is 10.0. The van der Waals surface area contributed by atoms with Gasteiger partial charge in [-0.25, -0.2) is 4.79 Å². The van der Waals surface area contributed by atoms with E-state index < -0.39 is 11.6 Å². The maximum Gasteiger partial charge on any atom is 0.347 e. The molecule has 1 unspecified atom stereocenters. The summed E-state index contributed by atoms with van der Waals surface area (Å²) in [4.78, 5) is 11.2. The zero-order chi connectivity index (χ0) is 12.2. The van der Waals surface area contributed by atoms with Crippen LogP contribution in [0, 0.1) is 0 Å². The molecule has 0 heterocycles. The predicted octanol–water partition coefficient (Wildman–Crippen LogP) is 3.47. The number of rotatable bonds is 5. The lowest BCUT2D eigenvalue weighted by molar-refractivity contribution is -0.154. The molecule has 16 heavy (non-hydrogen) atoms. The highest BCUT2D eigenvalue weighted by Gasteiger charge is 2.34. The summed E-state index contributed by atoms with van der Waals surface area (Å²) in [6.45, 7) is 3.53. The Kier molecular flexibility index (Phi) is 4.35. The van der Waals surface area contributed by atoms with Gasteiger partial charge in [0.1, 0.15) is 5.75 Å². The molecular formula is C12H15BrO3. The second kappa shape index (κ2) is 5.34. The van der Waals surface area contributed by atoms with Crippen molar-refractivity contribution in [1.29, 1.82) is 0 Å². The summed E-state index contributed by atoms with van der Waals surface area (Å²) in [5.41, 5.74) is -1.16. The maximum atomic E-state index is 11.2. The molecule has 0 aliphatic carbocycles. The molecule has 1 atom stereocenters. The fraction of sp³-hybridized carbons (Fsp3) is 0.417. The Morgan fingerprint density at radius 1 is 1.56 bits per heavy atom. The summed E-state index contributed by atoms with van der Waals surface area (Å²) < 4.78 is 6.42. The molecule has 0 aliphatic heterocycles. The first kappa shape index (κ1) is 13.0. The van der Waals surface area contributed by atoms with E-state index in [0.717, 1.165) is 10.9 Å². The number of benzene rings is 1. The van der Waals surface area contributed by atoms with E-state index in [2.05, 4.69) is 15.9 Å². The van der Waals surface area contributed by atoms with Gasteiger partial charge < -0.3 is 9.84 Å². The fourth-order valence-corrected chi connectivity index (χ4v) is 1.85. The van der Waals surface area contributed by atoms with Crippen LogP contribution in [-0.2, 0) is 4.79 Å². The van der Waals surface area contributed by atoms with Crippen LogP contribution in [0.25, 0.3) is 0 Å². The second-order valence-electron chi connectivity index (χ2n) is 3.85. The van der Waals surface area contributed by atoms with Crippen LogP contribution in [-0.4, -0.2) is 16.7 Å². The molecular weight excluding hydrogens is 272 g/mol. The minimum absolute atomic E-state index is 0.481. The fourth-order valence-electron chi connectivity index (χ4n) is 1.47. The first-order chi connectivity index (χ1) is 7.48. The van der Waals surface area contributed by atoms with Gasteiger partial charge in [-0.1, -0.05) is 35.3 Å². The number of hydrogen-bond acceptors (Lipinski definition) is 2. The Hall–Kier alpha value is -1.03. The molecule has 0 amide bonds. The van der Waals surface area contributed by atoms with Gasteiger partial charge in [0, 0.05) is 4.47 Å². The number of halogens is 1. The Morgan fingerprint density at radius 3 is 2.75 bits per heavy atom. The van der Waals surface area contributed by atoms with Crippen LogP contribution in [0.3, 0.4) is 0 Å². The molecule has 3 nitrogen and oxygen atoms in total. The Labute approximate surface area is 104 Å². The molecule has 0 fully saturated rings. The minimum Gasteiger partial charge on any atom is -0.478 e. The van der Waals surface area contributed by atoms with Crippen LogP contribution in [0.1, 0.15) is 26.7 Å². The molecule has 1 N–H and O–H groups in total. The first-order valence-corrected chi connectivity index (χ1v) is 5.95. The van der Waals surface area contributed by atoms with Crippen molar-refractivity contribution in [2.75, 3.05) is 0 Å². The third kappa shape index (κ3) is 3.23. The van der Waals surface area contributed by atoms with E-state index in [9.17, 15) is 4.79 Å². The van der Waals surface area contributed by atoms with Gasteiger partial charge in [0.15, 0.2) is 0 Å². The molecule has 0 aromatic heterocycles. The van der Waals surface area contributed by atoms with Crippen molar-refractivity contribution in [3.05, 3.63) is 28.7 Å². The Morgan fingerprint density at radius 2 is 2.25 bits per heavy atom. The van der Waals surface area contributed by atoms with E-state index in [1.807, 2.05) is 19.1 Å². The summed E-state index contributed by atoms with van der Waals surface area (Å²) >= 11 is 3.32. The van der Waals surface area contributed by atoms with E-state index in [4.69, 9.17) is 9.84 Å². The van der Waals surface area contributed by atoms with Gasteiger partial charge in [0.2, 0.25) is 5.60 Å². The summed E-state index contributed by atoms with van der Waals surface area (Å²) in [5.74, 6) is -0.373. The van der Waals surface area contributed by atoms with Crippen LogP contribution in [0.5, 0.6) is 5.75 Å². The molecule has 0 aliphatic rings. The largest absolute Gasteiger partial charge is 0.478 e. The summed E-state index contributed by atoms with van der Waals surface area (Å²) in [6, 6.07) is 7.19. The van der Waals surface area contributed by atoms with E-state index >= 15 is 0 Å². The Bertz CT molecular complexity index is 378. The number of carboxylic acid groups (broad SMARTS) is 1. The zero-order valence-electron chi connectivity index (χ0n) is 9.37. The normalized spacial score (nSPS) is 14.2. The molecule has 0 bridgehead atoms. The Balaban J connectivity index is 2.87. The summed E-state index contributed by atoms with van der Waals surface area (Å²) in [6.07, 6.45) is 1.24. The van der Waals surface area contributed by atoms with Gasteiger partial charge >= 0.3 is 5.97 Å². The van der Waals surface area contributed by atoms with Gasteiger partial charge in [-0.15, -0.1) is 0 Å². The van der Waals surface area contributed by atoms with Crippen molar-refractivity contribution in [3.63, 3.8) is 0 Å². The number of carbonyl (C=O) groups is 1. The van der Waals surface area contributed by atoms with Crippen LogP contribution in [0.2, 0.25) is 0 Å². The molecule has 1 rings (SSSR count). The van der Waals surface area contributed by atoms with Crippen LogP contribution in [0.15, 0.2) is 28.7 Å². The minimum atomic E-state index is -1.16. The smallest absolute Gasteiger partial charge is 0.347 e. The third-order valence-corrected chi connectivity index (χ3v) is 2.81. The van der Waals surface area contributed by atoms with Crippen molar-refractivity contribution >= 4 is 21.9 Å². The molecule has 88 valence electrons. The number of aliphatic carboxylic acids is 1. The molecule has 1 aromatic rings. The van der Waals surface area contributed by atoms with Crippen molar-refractivity contribution < 1.29 is 14.6 Å². The predicted molar refractivity (Wildman–Crippen MR) is 65.7 cm³/mol. The first-order valence-electron chi connectivity index (χ1n) is 5.16. The lowest BCUT2D eigenvalue weighted by Gasteiger charge is -2.25. The molecule has 0 radical (unpaired) electrons. The quantitative estimate of drug-likeness (QED) is 0.902. The van der Waals surface area contributed by atoms with E-state index in [-0.39, 0.29) is 0 Å². The SMILES string of the molecule is CCCC(C)(Oc1cccc(Br)c1)C(=O)O. The molecule has 1 aromatic carbocycles. The molecule has 0 spiro atoms. The van der Waals surface area contributed by atoms with E-state index in [0.29, 0.717) is 12.2 Å². The molecule has 0 saturated carbocycles. The second-order valence-corrected chi connectivity index (χ2v) is 4.76. The van der Waals surface area contributed by atoms with Crippen LogP contribution < -0.4 is 4.74 Å². The van der Waals surface area contributed by atoms with Crippen molar-refractivity contribution in [2.24, 2.45) is 0 Å². The van der Waals surface area contributed by atoms with Crippen molar-refractivity contribution in [1.82, 2.24) is 0 Å². The number of ether oxygens (including phenoxy) is 1. The number of carboxylic acids is 1. The highest BCUT2D eigenvalue weighted by Crippen LogP contribution is 2.25. The average Bonchev–Trinajstić information content (AvgIpc) is 2.17. The maximum absolute atomic E-state index is 11.2. The standard InChI is InChI=1S/C12H15BrO3/c1-3-7-12(2,11(14)15)16-10-6-4-5-9(13)8-10/h4-6,8H,3,7H2,1-2H3,(H,14,15). The summed E-state index contributed by atoms with van der Waals surface area (Å²) in [5, 5.41) is 9.16. The third-order valence-electron chi connectivity index (χ3n) is 2.32. The molecule has 4 heteroatoms. The van der Waals surface area contributed by atoms with Gasteiger partial charge in [0.25, 0.3) is 0 Å². The lowest BCUT2D eigenvalue weighted by Crippen LogP contribution is -2.41. The van der Waals surface area contributed by atoms with E-state index in [1.54, 1.807) is 19.1 Å². The molecule has 0 saturated heterocycles. The zero-order valence-corrected chi connectivity index (χ0v) is 11.0. The van der Waals surface area contributed by atoms with Gasteiger partial charge in [-0.3, -0.25) is 0 Å². The van der Waals surface area contributed by atoms with Crippen molar-refractivity contribution in [2.45, 2.75) is 32.3 Å². The summed E-state index contributed by atoms with van der Waals surface area (Å²) in [7, 11) is 0. The topological polar surface area (TPSA) is 46.5 Å². The highest BCUT2D eigenvalue weighted by molar-refractivity contribution is 9.10.